The molecule has 3 aromatic rings. The van der Waals surface area contributed by atoms with E-state index in [1.807, 2.05) is 37.3 Å². The number of para-hydroxylation sites is 1. The van der Waals surface area contributed by atoms with Gasteiger partial charge in [-0.15, -0.1) is 0 Å². The first-order chi connectivity index (χ1) is 15.9. The average molecular weight is 462 g/mol. The zero-order chi connectivity index (χ0) is 23.4. The van der Waals surface area contributed by atoms with Gasteiger partial charge in [0.1, 0.15) is 0 Å². The molecule has 0 radical (unpaired) electrons. The Labute approximate surface area is 197 Å². The summed E-state index contributed by atoms with van der Waals surface area (Å²) >= 11 is 5.93. The quantitative estimate of drug-likeness (QED) is 0.552. The highest BCUT2D eigenvalue weighted by molar-refractivity contribution is 6.30. The van der Waals surface area contributed by atoms with Crippen molar-refractivity contribution >= 4 is 40.7 Å². The molecule has 2 atom stereocenters. The summed E-state index contributed by atoms with van der Waals surface area (Å²) in [6, 6.07) is 23.3. The molecule has 1 saturated heterocycles. The Hall–Kier alpha value is -3.64. The number of anilines is 2. The molecule has 1 aliphatic heterocycles. The predicted molar refractivity (Wildman–Crippen MR) is 129 cm³/mol. The highest BCUT2D eigenvalue weighted by atomic mass is 35.5. The van der Waals surface area contributed by atoms with E-state index in [9.17, 15) is 14.4 Å². The molecule has 33 heavy (non-hydrogen) atoms. The van der Waals surface area contributed by atoms with Crippen molar-refractivity contribution < 1.29 is 14.4 Å². The molecule has 168 valence electrons. The summed E-state index contributed by atoms with van der Waals surface area (Å²) in [5.74, 6) is -1.23. The molecule has 0 spiro atoms. The van der Waals surface area contributed by atoms with Crippen molar-refractivity contribution in [3.8, 4) is 0 Å². The lowest BCUT2D eigenvalue weighted by Crippen LogP contribution is -2.30. The number of nitrogens with one attached hydrogen (secondary N) is 2. The molecule has 2 N–H and O–H groups in total. The molecule has 3 amide bonds. The number of halogens is 1. The molecule has 4 rings (SSSR count). The van der Waals surface area contributed by atoms with Gasteiger partial charge < -0.3 is 15.5 Å². The minimum absolute atomic E-state index is 0.105. The fourth-order valence-corrected chi connectivity index (χ4v) is 4.00. The number of carbonyl (C=O) groups excluding carboxylic acids is 3. The lowest BCUT2D eigenvalue weighted by molar-refractivity contribution is -0.122. The summed E-state index contributed by atoms with van der Waals surface area (Å²) in [7, 11) is 0. The van der Waals surface area contributed by atoms with Crippen LogP contribution in [0.15, 0.2) is 78.9 Å². The van der Waals surface area contributed by atoms with E-state index in [2.05, 4.69) is 10.6 Å². The number of nitrogens with zero attached hydrogens (tertiary/aromatic N) is 1. The van der Waals surface area contributed by atoms with Gasteiger partial charge in [-0.1, -0.05) is 54.1 Å². The van der Waals surface area contributed by atoms with Crippen molar-refractivity contribution in [3.63, 3.8) is 0 Å². The van der Waals surface area contributed by atoms with Crippen molar-refractivity contribution in [3.05, 3.63) is 95.0 Å². The Morgan fingerprint density at radius 3 is 2.36 bits per heavy atom. The Morgan fingerprint density at radius 1 is 0.970 bits per heavy atom. The molecule has 7 heteroatoms. The largest absolute Gasteiger partial charge is 0.345 e. The Balaban J connectivity index is 1.44. The second kappa shape index (κ2) is 9.88. The van der Waals surface area contributed by atoms with E-state index >= 15 is 0 Å². The first-order valence-electron chi connectivity index (χ1n) is 10.7. The normalized spacial score (nSPS) is 16.4. The van der Waals surface area contributed by atoms with Gasteiger partial charge in [0.25, 0.3) is 5.91 Å². The zero-order valence-electron chi connectivity index (χ0n) is 18.1. The van der Waals surface area contributed by atoms with Crippen LogP contribution in [-0.2, 0) is 9.59 Å². The fourth-order valence-electron chi connectivity index (χ4n) is 3.88. The third-order valence-electron chi connectivity index (χ3n) is 5.71. The van der Waals surface area contributed by atoms with Gasteiger partial charge in [-0.25, -0.2) is 0 Å². The van der Waals surface area contributed by atoms with Gasteiger partial charge in [0, 0.05) is 23.7 Å². The second-order valence-electron chi connectivity index (χ2n) is 8.02. The van der Waals surface area contributed by atoms with E-state index in [-0.39, 0.29) is 36.7 Å². The molecule has 0 saturated carbocycles. The van der Waals surface area contributed by atoms with Gasteiger partial charge in [0.2, 0.25) is 11.8 Å². The fraction of sp³-hybridized carbons (Fsp3) is 0.192. The Bertz CT molecular complexity index is 1160. The number of hydrogen-bond acceptors (Lipinski definition) is 3. The first kappa shape index (κ1) is 22.6. The molecular weight excluding hydrogens is 438 g/mol. The second-order valence-corrected chi connectivity index (χ2v) is 8.46. The summed E-state index contributed by atoms with van der Waals surface area (Å²) in [6.07, 6.45) is 0.105. The van der Waals surface area contributed by atoms with Gasteiger partial charge in [-0.2, -0.15) is 0 Å². The number of rotatable bonds is 6. The van der Waals surface area contributed by atoms with Crippen molar-refractivity contribution in [1.29, 1.82) is 0 Å². The summed E-state index contributed by atoms with van der Waals surface area (Å²) in [5, 5.41) is 6.40. The van der Waals surface area contributed by atoms with Gasteiger partial charge in [0.15, 0.2) is 0 Å². The smallest absolute Gasteiger partial charge is 0.253 e. The van der Waals surface area contributed by atoms with Gasteiger partial charge in [-0.05, 0) is 48.9 Å². The SMILES string of the molecule is C[C@@H](NC(=O)c1ccccc1NC(=O)[C@@H]1CC(=O)N(c2ccc(Cl)cc2)C1)c1ccccc1. The molecule has 0 aromatic heterocycles. The third-order valence-corrected chi connectivity index (χ3v) is 5.96. The van der Waals surface area contributed by atoms with Crippen LogP contribution in [0.1, 0.15) is 35.3 Å². The van der Waals surface area contributed by atoms with E-state index < -0.39 is 5.92 Å². The van der Waals surface area contributed by atoms with Crippen LogP contribution < -0.4 is 15.5 Å². The van der Waals surface area contributed by atoms with E-state index in [1.54, 1.807) is 53.4 Å². The number of benzene rings is 3. The van der Waals surface area contributed by atoms with Crippen molar-refractivity contribution in [2.24, 2.45) is 5.92 Å². The highest BCUT2D eigenvalue weighted by Gasteiger charge is 2.35. The zero-order valence-corrected chi connectivity index (χ0v) is 18.9. The summed E-state index contributed by atoms with van der Waals surface area (Å²) in [6.45, 7) is 2.18. The standard InChI is InChI=1S/C26H24ClN3O3/c1-17(18-7-3-2-4-8-18)28-26(33)22-9-5-6-10-23(22)29-25(32)19-15-24(31)30(16-19)21-13-11-20(27)12-14-21/h2-14,17,19H,15-16H2,1H3,(H,28,33)(H,29,32)/t17-,19-/m1/s1. The van der Waals surface area contributed by atoms with Gasteiger partial charge in [-0.3, -0.25) is 14.4 Å². The van der Waals surface area contributed by atoms with Crippen LogP contribution in [0.2, 0.25) is 5.02 Å². The minimum Gasteiger partial charge on any atom is -0.345 e. The lowest BCUT2D eigenvalue weighted by atomic mass is 10.1. The summed E-state index contributed by atoms with van der Waals surface area (Å²) in [4.78, 5) is 40.0. The maximum Gasteiger partial charge on any atom is 0.253 e. The van der Waals surface area contributed by atoms with E-state index in [4.69, 9.17) is 11.6 Å². The molecule has 1 fully saturated rings. The molecule has 3 aromatic carbocycles. The van der Waals surface area contributed by atoms with Gasteiger partial charge in [0.05, 0.1) is 23.2 Å². The molecular formula is C26H24ClN3O3. The summed E-state index contributed by atoms with van der Waals surface area (Å²) in [5.41, 5.74) is 2.47. The van der Waals surface area contributed by atoms with Crippen LogP contribution in [0.5, 0.6) is 0 Å². The maximum atomic E-state index is 13.0. The topological polar surface area (TPSA) is 78.5 Å². The minimum atomic E-state index is -0.521. The average Bonchev–Trinajstić information content (AvgIpc) is 3.22. The van der Waals surface area contributed by atoms with Crippen molar-refractivity contribution in [2.45, 2.75) is 19.4 Å². The van der Waals surface area contributed by atoms with E-state index in [0.717, 1.165) is 5.56 Å². The van der Waals surface area contributed by atoms with E-state index in [1.165, 1.54) is 0 Å². The number of amides is 3. The molecule has 0 unspecified atom stereocenters. The molecule has 0 aliphatic carbocycles. The van der Waals surface area contributed by atoms with Crippen LogP contribution in [-0.4, -0.2) is 24.3 Å². The van der Waals surface area contributed by atoms with Gasteiger partial charge >= 0.3 is 0 Å². The predicted octanol–water partition coefficient (Wildman–Crippen LogP) is 4.82. The van der Waals surface area contributed by atoms with Crippen LogP contribution in [0.3, 0.4) is 0 Å². The molecule has 6 nitrogen and oxygen atoms in total. The van der Waals surface area contributed by atoms with E-state index in [0.29, 0.717) is 22.0 Å². The molecule has 1 aliphatic rings. The van der Waals surface area contributed by atoms with Crippen LogP contribution in [0.25, 0.3) is 0 Å². The maximum absolute atomic E-state index is 13.0. The monoisotopic (exact) mass is 461 g/mol. The molecule has 1 heterocycles. The first-order valence-corrected chi connectivity index (χ1v) is 11.1. The molecule has 0 bridgehead atoms. The van der Waals surface area contributed by atoms with Crippen LogP contribution in [0, 0.1) is 5.92 Å². The number of hydrogen-bond donors (Lipinski definition) is 2. The Kier molecular flexibility index (Phi) is 6.75. The number of carbonyl (C=O) groups is 3. The third kappa shape index (κ3) is 5.23. The van der Waals surface area contributed by atoms with Crippen LogP contribution >= 0.6 is 11.6 Å². The lowest BCUT2D eigenvalue weighted by Gasteiger charge is -2.18. The highest BCUT2D eigenvalue weighted by Crippen LogP contribution is 2.28. The van der Waals surface area contributed by atoms with Crippen LogP contribution in [0.4, 0.5) is 11.4 Å². The van der Waals surface area contributed by atoms with Crippen molar-refractivity contribution in [1.82, 2.24) is 5.32 Å². The summed E-state index contributed by atoms with van der Waals surface area (Å²) < 4.78 is 0. The Morgan fingerprint density at radius 2 is 1.64 bits per heavy atom. The van der Waals surface area contributed by atoms with Crippen molar-refractivity contribution in [2.75, 3.05) is 16.8 Å².